The van der Waals surface area contributed by atoms with Gasteiger partial charge in [-0.05, 0) is 49.9 Å². The molecule has 1 unspecified atom stereocenters. The molecule has 0 aromatic heterocycles. The molecule has 2 aromatic rings. The van der Waals surface area contributed by atoms with Crippen molar-refractivity contribution < 1.29 is 4.74 Å². The first kappa shape index (κ1) is 21.1. The molecule has 0 spiro atoms. The van der Waals surface area contributed by atoms with Gasteiger partial charge < -0.3 is 10.1 Å². The van der Waals surface area contributed by atoms with E-state index in [0.29, 0.717) is 28.4 Å². The molecule has 5 heteroatoms. The quantitative estimate of drug-likeness (QED) is 0.605. The van der Waals surface area contributed by atoms with E-state index < -0.39 is 0 Å². The van der Waals surface area contributed by atoms with E-state index in [1.165, 1.54) is 5.56 Å². The second-order valence-electron chi connectivity index (χ2n) is 5.63. The molecular formula is C19H24Cl3NO. The molecule has 0 saturated carbocycles. The molecule has 0 bridgehead atoms. The molecule has 0 amide bonds. The van der Waals surface area contributed by atoms with Gasteiger partial charge in [0, 0.05) is 12.6 Å². The molecule has 1 N–H and O–H groups in total. The van der Waals surface area contributed by atoms with Crippen molar-refractivity contribution in [3.8, 4) is 5.75 Å². The van der Waals surface area contributed by atoms with Gasteiger partial charge in [-0.25, -0.2) is 0 Å². The maximum absolute atomic E-state index is 6.23. The average molecular weight is 389 g/mol. The van der Waals surface area contributed by atoms with Gasteiger partial charge in [-0.2, -0.15) is 0 Å². The number of aryl methyl sites for hydroxylation is 1. The first-order chi connectivity index (χ1) is 11.1. The number of ether oxygens (including phenoxy) is 1. The zero-order valence-corrected chi connectivity index (χ0v) is 16.3. The Hall–Kier alpha value is -0.930. The van der Waals surface area contributed by atoms with E-state index in [1.54, 1.807) is 0 Å². The molecule has 0 saturated heterocycles. The summed E-state index contributed by atoms with van der Waals surface area (Å²) in [7, 11) is 0. The molecule has 2 aromatic carbocycles. The highest BCUT2D eigenvalue weighted by Crippen LogP contribution is 2.34. The SMILES string of the molecule is CCOc1c(Cl)cc(CNC(C)CCc2ccccc2)cc1Cl.Cl. The molecule has 2 nitrogen and oxygen atoms in total. The summed E-state index contributed by atoms with van der Waals surface area (Å²) in [6.45, 7) is 5.40. The van der Waals surface area contributed by atoms with Gasteiger partial charge in [0.15, 0.2) is 5.75 Å². The van der Waals surface area contributed by atoms with Crippen molar-refractivity contribution in [3.05, 3.63) is 63.6 Å². The fraction of sp³-hybridized carbons (Fsp3) is 0.368. The van der Waals surface area contributed by atoms with Gasteiger partial charge in [0.05, 0.1) is 16.7 Å². The van der Waals surface area contributed by atoms with Crippen molar-refractivity contribution in [1.29, 1.82) is 0 Å². The van der Waals surface area contributed by atoms with Crippen LogP contribution in [0.3, 0.4) is 0 Å². The van der Waals surface area contributed by atoms with Gasteiger partial charge in [-0.3, -0.25) is 0 Å². The first-order valence-corrected chi connectivity index (χ1v) is 8.73. The Morgan fingerprint density at radius 3 is 2.25 bits per heavy atom. The van der Waals surface area contributed by atoms with Crippen molar-refractivity contribution in [1.82, 2.24) is 5.32 Å². The summed E-state index contributed by atoms with van der Waals surface area (Å²) in [6, 6.07) is 14.8. The summed E-state index contributed by atoms with van der Waals surface area (Å²) in [5.41, 5.74) is 2.43. The van der Waals surface area contributed by atoms with Crippen LogP contribution in [0.2, 0.25) is 10.0 Å². The van der Waals surface area contributed by atoms with Crippen LogP contribution in [0.1, 0.15) is 31.4 Å². The molecule has 24 heavy (non-hydrogen) atoms. The summed E-state index contributed by atoms with van der Waals surface area (Å²) >= 11 is 12.5. The monoisotopic (exact) mass is 387 g/mol. The van der Waals surface area contributed by atoms with Crippen LogP contribution >= 0.6 is 35.6 Å². The lowest BCUT2D eigenvalue weighted by molar-refractivity contribution is 0.340. The molecule has 0 heterocycles. The molecular weight excluding hydrogens is 365 g/mol. The average Bonchev–Trinajstić information content (AvgIpc) is 2.55. The van der Waals surface area contributed by atoms with Crippen LogP contribution in [0, 0.1) is 0 Å². The van der Waals surface area contributed by atoms with Gasteiger partial charge >= 0.3 is 0 Å². The van der Waals surface area contributed by atoms with E-state index in [1.807, 2.05) is 25.1 Å². The van der Waals surface area contributed by atoms with E-state index in [4.69, 9.17) is 27.9 Å². The zero-order valence-electron chi connectivity index (χ0n) is 14.0. The van der Waals surface area contributed by atoms with E-state index in [0.717, 1.165) is 24.9 Å². The Labute approximate surface area is 160 Å². The van der Waals surface area contributed by atoms with Crippen LogP contribution in [0.25, 0.3) is 0 Å². The van der Waals surface area contributed by atoms with Crippen LogP contribution in [-0.4, -0.2) is 12.6 Å². The van der Waals surface area contributed by atoms with Crippen LogP contribution in [-0.2, 0) is 13.0 Å². The summed E-state index contributed by atoms with van der Waals surface area (Å²) < 4.78 is 5.45. The van der Waals surface area contributed by atoms with Gasteiger partial charge in [-0.15, -0.1) is 12.4 Å². The highest BCUT2D eigenvalue weighted by atomic mass is 35.5. The second kappa shape index (κ2) is 10.8. The fourth-order valence-electron chi connectivity index (χ4n) is 2.42. The molecule has 1 atom stereocenters. The predicted octanol–water partition coefficient (Wildman–Crippen LogP) is 5.92. The summed E-state index contributed by atoms with van der Waals surface area (Å²) in [4.78, 5) is 0. The molecule has 0 aliphatic rings. The third-order valence-electron chi connectivity index (χ3n) is 3.71. The minimum atomic E-state index is 0. The Bertz CT molecular complexity index is 596. The third kappa shape index (κ3) is 6.52. The zero-order chi connectivity index (χ0) is 16.7. The smallest absolute Gasteiger partial charge is 0.156 e. The van der Waals surface area contributed by atoms with Crippen LogP contribution in [0.15, 0.2) is 42.5 Å². The number of benzene rings is 2. The predicted molar refractivity (Wildman–Crippen MR) is 106 cm³/mol. The molecule has 132 valence electrons. The van der Waals surface area contributed by atoms with Crippen LogP contribution in [0.4, 0.5) is 0 Å². The fourth-order valence-corrected chi connectivity index (χ4v) is 3.06. The Morgan fingerprint density at radius 1 is 1.04 bits per heavy atom. The Balaban J connectivity index is 0.00000288. The number of halogens is 3. The maximum Gasteiger partial charge on any atom is 0.156 e. The number of hydrogen-bond donors (Lipinski definition) is 1. The minimum absolute atomic E-state index is 0. The first-order valence-electron chi connectivity index (χ1n) is 7.98. The normalized spacial score (nSPS) is 11.7. The molecule has 0 aliphatic heterocycles. The van der Waals surface area contributed by atoms with Crippen molar-refractivity contribution in [2.24, 2.45) is 0 Å². The minimum Gasteiger partial charge on any atom is -0.491 e. The number of nitrogens with one attached hydrogen (secondary N) is 1. The van der Waals surface area contributed by atoms with E-state index in [9.17, 15) is 0 Å². The Morgan fingerprint density at radius 2 is 1.67 bits per heavy atom. The summed E-state index contributed by atoms with van der Waals surface area (Å²) in [6.07, 6.45) is 2.16. The number of rotatable bonds is 8. The molecule has 2 rings (SSSR count). The second-order valence-corrected chi connectivity index (χ2v) is 6.44. The maximum atomic E-state index is 6.23. The van der Waals surface area contributed by atoms with Crippen molar-refractivity contribution in [2.75, 3.05) is 6.61 Å². The third-order valence-corrected chi connectivity index (χ3v) is 4.27. The molecule has 0 aliphatic carbocycles. The molecule has 0 radical (unpaired) electrons. The molecule has 0 fully saturated rings. The summed E-state index contributed by atoms with van der Waals surface area (Å²) in [5.74, 6) is 0.566. The lowest BCUT2D eigenvalue weighted by atomic mass is 10.1. The van der Waals surface area contributed by atoms with Gasteiger partial charge in [0.1, 0.15) is 0 Å². The van der Waals surface area contributed by atoms with E-state index in [2.05, 4.69) is 36.5 Å². The van der Waals surface area contributed by atoms with Gasteiger partial charge in [0.25, 0.3) is 0 Å². The summed E-state index contributed by atoms with van der Waals surface area (Å²) in [5, 5.41) is 4.64. The van der Waals surface area contributed by atoms with Gasteiger partial charge in [-0.1, -0.05) is 53.5 Å². The van der Waals surface area contributed by atoms with Crippen molar-refractivity contribution in [3.63, 3.8) is 0 Å². The lowest BCUT2D eigenvalue weighted by Crippen LogP contribution is -2.26. The van der Waals surface area contributed by atoms with Crippen molar-refractivity contribution >= 4 is 35.6 Å². The Kier molecular flexibility index (Phi) is 9.53. The van der Waals surface area contributed by atoms with Crippen LogP contribution < -0.4 is 10.1 Å². The van der Waals surface area contributed by atoms with E-state index >= 15 is 0 Å². The lowest BCUT2D eigenvalue weighted by Gasteiger charge is -2.15. The topological polar surface area (TPSA) is 21.3 Å². The van der Waals surface area contributed by atoms with E-state index in [-0.39, 0.29) is 12.4 Å². The standard InChI is InChI=1S/C19H23Cl2NO.ClH/c1-3-23-19-17(20)11-16(12-18(19)21)13-22-14(2)9-10-15-7-5-4-6-8-15;/h4-8,11-12,14,22H,3,9-10,13H2,1-2H3;1H. The number of hydrogen-bond acceptors (Lipinski definition) is 2. The van der Waals surface area contributed by atoms with Crippen molar-refractivity contribution in [2.45, 2.75) is 39.3 Å². The van der Waals surface area contributed by atoms with Gasteiger partial charge in [0.2, 0.25) is 0 Å². The van der Waals surface area contributed by atoms with Crippen LogP contribution in [0.5, 0.6) is 5.75 Å². The highest BCUT2D eigenvalue weighted by Gasteiger charge is 2.10. The highest BCUT2D eigenvalue weighted by molar-refractivity contribution is 6.37. The largest absolute Gasteiger partial charge is 0.491 e.